The highest BCUT2D eigenvalue weighted by molar-refractivity contribution is 8.00. The minimum Gasteiger partial charge on any atom is -0.313 e. The first kappa shape index (κ1) is 14.2. The van der Waals surface area contributed by atoms with E-state index in [1.165, 1.54) is 19.3 Å². The lowest BCUT2D eigenvalue weighted by Crippen LogP contribution is -2.42. The van der Waals surface area contributed by atoms with Crippen molar-refractivity contribution in [2.45, 2.75) is 49.4 Å². The third-order valence-electron chi connectivity index (χ3n) is 3.51. The van der Waals surface area contributed by atoms with Crippen molar-refractivity contribution in [3.05, 3.63) is 23.4 Å². The third-order valence-corrected chi connectivity index (χ3v) is 5.30. The van der Waals surface area contributed by atoms with Crippen LogP contribution in [0.15, 0.2) is 23.4 Å². The number of nitrogens with zero attached hydrogens (tertiary/aromatic N) is 1. The lowest BCUT2D eigenvalue weighted by atomic mass is 9.87. The maximum atomic E-state index is 6.20. The van der Waals surface area contributed by atoms with Gasteiger partial charge < -0.3 is 5.32 Å². The second kappa shape index (κ2) is 6.78. The first-order valence-corrected chi connectivity index (χ1v) is 7.97. The molecule has 0 aliphatic heterocycles. The van der Waals surface area contributed by atoms with Crippen LogP contribution in [-0.2, 0) is 0 Å². The summed E-state index contributed by atoms with van der Waals surface area (Å²) in [5, 5.41) is 5.93. The Labute approximate surface area is 119 Å². The van der Waals surface area contributed by atoms with Gasteiger partial charge in [0.05, 0.1) is 5.02 Å². The van der Waals surface area contributed by atoms with Gasteiger partial charge >= 0.3 is 0 Å². The Bertz CT molecular complexity index is 386. The molecule has 0 amide bonds. The molecule has 0 radical (unpaired) electrons. The molecule has 2 nitrogen and oxygen atoms in total. The zero-order valence-electron chi connectivity index (χ0n) is 11.0. The number of nitrogens with one attached hydrogen (secondary N) is 1. The van der Waals surface area contributed by atoms with Crippen LogP contribution in [-0.4, -0.2) is 22.8 Å². The maximum absolute atomic E-state index is 6.20. The molecule has 4 heteroatoms. The molecule has 1 aromatic heterocycles. The fourth-order valence-electron chi connectivity index (χ4n) is 2.56. The summed E-state index contributed by atoms with van der Waals surface area (Å²) in [5.74, 6) is 0.805. The molecule has 3 atom stereocenters. The van der Waals surface area contributed by atoms with Gasteiger partial charge in [-0.15, -0.1) is 0 Å². The molecule has 100 valence electrons. The molecule has 2 rings (SSSR count). The molecule has 0 spiro atoms. The molecule has 1 aromatic rings. The van der Waals surface area contributed by atoms with Gasteiger partial charge in [-0.2, -0.15) is 0 Å². The summed E-state index contributed by atoms with van der Waals surface area (Å²) in [6.45, 7) is 5.55. The van der Waals surface area contributed by atoms with Crippen molar-refractivity contribution in [1.82, 2.24) is 10.3 Å². The van der Waals surface area contributed by atoms with E-state index in [0.717, 1.165) is 22.5 Å². The van der Waals surface area contributed by atoms with Gasteiger partial charge in [0.1, 0.15) is 5.03 Å². The average Bonchev–Trinajstić information content (AvgIpc) is 2.36. The number of rotatable bonds is 4. The Hall–Kier alpha value is -0.250. The van der Waals surface area contributed by atoms with Crippen molar-refractivity contribution in [2.75, 3.05) is 6.54 Å². The molecular formula is C14H21ClN2S. The molecule has 1 aliphatic rings. The van der Waals surface area contributed by atoms with Crippen LogP contribution in [0, 0.1) is 5.92 Å². The lowest BCUT2D eigenvalue weighted by molar-refractivity contribution is 0.320. The second-order valence-electron chi connectivity index (χ2n) is 5.03. The van der Waals surface area contributed by atoms with Crippen molar-refractivity contribution in [1.29, 1.82) is 0 Å². The van der Waals surface area contributed by atoms with Crippen molar-refractivity contribution < 1.29 is 0 Å². The Morgan fingerprint density at radius 1 is 1.50 bits per heavy atom. The zero-order valence-corrected chi connectivity index (χ0v) is 12.6. The van der Waals surface area contributed by atoms with Crippen molar-refractivity contribution in [3.63, 3.8) is 0 Å². The quantitative estimate of drug-likeness (QED) is 0.905. The molecule has 0 aromatic carbocycles. The van der Waals surface area contributed by atoms with Crippen molar-refractivity contribution >= 4 is 23.4 Å². The molecule has 0 saturated heterocycles. The highest BCUT2D eigenvalue weighted by Gasteiger charge is 2.29. The van der Waals surface area contributed by atoms with Crippen LogP contribution in [0.5, 0.6) is 0 Å². The number of hydrogen-bond donors (Lipinski definition) is 1. The number of thioether (sulfide) groups is 1. The predicted octanol–water partition coefficient (Wildman–Crippen LogP) is 3.99. The largest absolute Gasteiger partial charge is 0.313 e. The normalized spacial score (nSPS) is 28.3. The van der Waals surface area contributed by atoms with Crippen LogP contribution < -0.4 is 5.32 Å². The minimum absolute atomic E-state index is 0.584. The van der Waals surface area contributed by atoms with E-state index in [9.17, 15) is 0 Å². The van der Waals surface area contributed by atoms with Crippen LogP contribution in [0.25, 0.3) is 0 Å². The van der Waals surface area contributed by atoms with E-state index in [2.05, 4.69) is 24.1 Å². The van der Waals surface area contributed by atoms with Gasteiger partial charge in [-0.1, -0.05) is 37.2 Å². The molecule has 3 unspecified atom stereocenters. The van der Waals surface area contributed by atoms with Gasteiger partial charge in [0.2, 0.25) is 0 Å². The van der Waals surface area contributed by atoms with Gasteiger partial charge in [-0.3, -0.25) is 0 Å². The topological polar surface area (TPSA) is 24.9 Å². The van der Waals surface area contributed by atoms with E-state index >= 15 is 0 Å². The SMILES string of the molecule is CCNC1CCC(C)CC1Sc1ncccc1Cl. The smallest absolute Gasteiger partial charge is 0.115 e. The Balaban J connectivity index is 2.06. The Kier molecular flexibility index (Phi) is 5.34. The first-order valence-electron chi connectivity index (χ1n) is 6.71. The fourth-order valence-corrected chi connectivity index (χ4v) is 4.22. The predicted molar refractivity (Wildman–Crippen MR) is 79.4 cm³/mol. The van der Waals surface area contributed by atoms with E-state index in [1.807, 2.05) is 30.1 Å². The first-order chi connectivity index (χ1) is 8.70. The molecule has 1 N–H and O–H groups in total. The Morgan fingerprint density at radius 2 is 2.33 bits per heavy atom. The summed E-state index contributed by atoms with van der Waals surface area (Å²) in [7, 11) is 0. The number of aromatic nitrogens is 1. The maximum Gasteiger partial charge on any atom is 0.115 e. The molecule has 1 aliphatic carbocycles. The van der Waals surface area contributed by atoms with Gasteiger partial charge in [0, 0.05) is 17.5 Å². The zero-order chi connectivity index (χ0) is 13.0. The second-order valence-corrected chi connectivity index (χ2v) is 6.66. The molecule has 1 heterocycles. The van der Waals surface area contributed by atoms with E-state index in [1.54, 1.807) is 0 Å². The van der Waals surface area contributed by atoms with E-state index in [-0.39, 0.29) is 0 Å². The number of halogens is 1. The van der Waals surface area contributed by atoms with E-state index < -0.39 is 0 Å². The summed E-state index contributed by atoms with van der Waals surface area (Å²) in [5.41, 5.74) is 0. The lowest BCUT2D eigenvalue weighted by Gasteiger charge is -2.34. The molecule has 1 fully saturated rings. The van der Waals surface area contributed by atoms with Crippen LogP contribution in [0.3, 0.4) is 0 Å². The summed E-state index contributed by atoms with van der Waals surface area (Å²) >= 11 is 8.04. The molecule has 1 saturated carbocycles. The number of hydrogen-bond acceptors (Lipinski definition) is 3. The van der Waals surface area contributed by atoms with Gasteiger partial charge in [0.15, 0.2) is 0 Å². The van der Waals surface area contributed by atoms with Gasteiger partial charge in [-0.05, 0) is 43.9 Å². The third kappa shape index (κ3) is 3.62. The van der Waals surface area contributed by atoms with Crippen LogP contribution in [0.1, 0.15) is 33.1 Å². The molecule has 18 heavy (non-hydrogen) atoms. The fraction of sp³-hybridized carbons (Fsp3) is 0.643. The highest BCUT2D eigenvalue weighted by atomic mass is 35.5. The van der Waals surface area contributed by atoms with Gasteiger partial charge in [-0.25, -0.2) is 4.98 Å². The van der Waals surface area contributed by atoms with Crippen LogP contribution in [0.2, 0.25) is 5.02 Å². The monoisotopic (exact) mass is 284 g/mol. The summed E-state index contributed by atoms with van der Waals surface area (Å²) in [6.07, 6.45) is 5.65. The van der Waals surface area contributed by atoms with E-state index in [0.29, 0.717) is 11.3 Å². The molecule has 0 bridgehead atoms. The molecular weight excluding hydrogens is 264 g/mol. The average molecular weight is 285 g/mol. The Morgan fingerprint density at radius 3 is 3.06 bits per heavy atom. The summed E-state index contributed by atoms with van der Waals surface area (Å²) < 4.78 is 0. The highest BCUT2D eigenvalue weighted by Crippen LogP contribution is 2.37. The van der Waals surface area contributed by atoms with E-state index in [4.69, 9.17) is 11.6 Å². The minimum atomic E-state index is 0.584. The van der Waals surface area contributed by atoms with Crippen LogP contribution in [0.4, 0.5) is 0 Å². The van der Waals surface area contributed by atoms with Gasteiger partial charge in [0.25, 0.3) is 0 Å². The number of pyridine rings is 1. The standard InChI is InChI=1S/C14H21ClN2S/c1-3-16-12-7-6-10(2)9-13(12)18-14-11(15)5-4-8-17-14/h4-5,8,10,12-13,16H,3,6-7,9H2,1-2H3. The summed E-state index contributed by atoms with van der Waals surface area (Å²) in [4.78, 5) is 4.40. The summed E-state index contributed by atoms with van der Waals surface area (Å²) in [6, 6.07) is 4.40. The van der Waals surface area contributed by atoms with Crippen LogP contribution >= 0.6 is 23.4 Å². The van der Waals surface area contributed by atoms with Crippen molar-refractivity contribution in [2.24, 2.45) is 5.92 Å². The van der Waals surface area contributed by atoms with Crippen molar-refractivity contribution in [3.8, 4) is 0 Å².